The van der Waals surface area contributed by atoms with Crippen molar-refractivity contribution >= 4 is 23.5 Å². The molecule has 0 spiro atoms. The molecule has 1 amide bonds. The fourth-order valence-corrected chi connectivity index (χ4v) is 3.48. The monoisotopic (exact) mass is 323 g/mol. The Morgan fingerprint density at radius 2 is 2.05 bits per heavy atom. The number of carboxylic acids is 1. The third-order valence-electron chi connectivity index (χ3n) is 4.33. The van der Waals surface area contributed by atoms with Crippen LogP contribution in [-0.2, 0) is 16.0 Å². The first kappa shape index (κ1) is 16.8. The van der Waals surface area contributed by atoms with Gasteiger partial charge in [-0.1, -0.05) is 36.6 Å². The zero-order valence-electron chi connectivity index (χ0n) is 12.8. The second kappa shape index (κ2) is 7.14. The maximum absolute atomic E-state index is 12.7. The molecule has 2 rings (SSSR count). The molecule has 0 heterocycles. The minimum Gasteiger partial charge on any atom is -0.481 e. The zero-order valence-corrected chi connectivity index (χ0v) is 13.5. The number of halogens is 1. The van der Waals surface area contributed by atoms with Crippen molar-refractivity contribution in [1.29, 1.82) is 0 Å². The molecule has 5 heteroatoms. The molecule has 22 heavy (non-hydrogen) atoms. The van der Waals surface area contributed by atoms with Crippen LogP contribution in [0.5, 0.6) is 0 Å². The number of benzene rings is 1. The standard InChI is InChI=1S/C17H22ClNO3/c1-12(9-15(20)21)19-16(22)17(7-2-3-8-17)11-13-5-4-6-14(18)10-13/h4-6,10,12H,2-3,7-9,11H2,1H3,(H,19,22)(H,20,21). The Bertz CT molecular complexity index is 553. The van der Waals surface area contributed by atoms with E-state index in [9.17, 15) is 9.59 Å². The predicted octanol–water partition coefficient (Wildman–Crippen LogP) is 3.42. The third-order valence-corrected chi connectivity index (χ3v) is 4.57. The molecule has 4 nitrogen and oxygen atoms in total. The molecule has 1 aromatic carbocycles. The average Bonchev–Trinajstić information content (AvgIpc) is 2.87. The van der Waals surface area contributed by atoms with E-state index in [-0.39, 0.29) is 18.4 Å². The number of aliphatic carboxylic acids is 1. The lowest BCUT2D eigenvalue weighted by atomic mass is 9.79. The third kappa shape index (κ3) is 4.23. The SMILES string of the molecule is CC(CC(=O)O)NC(=O)C1(Cc2cccc(Cl)c2)CCCC1. The highest BCUT2D eigenvalue weighted by Crippen LogP contribution is 2.41. The van der Waals surface area contributed by atoms with E-state index < -0.39 is 11.4 Å². The first-order valence-corrected chi connectivity index (χ1v) is 8.06. The Balaban J connectivity index is 2.10. The van der Waals surface area contributed by atoms with E-state index in [1.54, 1.807) is 6.92 Å². The first-order chi connectivity index (χ1) is 10.4. The molecule has 2 N–H and O–H groups in total. The van der Waals surface area contributed by atoms with E-state index in [0.29, 0.717) is 11.4 Å². The average molecular weight is 324 g/mol. The van der Waals surface area contributed by atoms with Crippen molar-refractivity contribution in [3.63, 3.8) is 0 Å². The number of carboxylic acid groups (broad SMARTS) is 1. The van der Waals surface area contributed by atoms with E-state index in [2.05, 4.69) is 5.32 Å². The number of hydrogen-bond acceptors (Lipinski definition) is 2. The van der Waals surface area contributed by atoms with E-state index >= 15 is 0 Å². The van der Waals surface area contributed by atoms with E-state index in [1.807, 2.05) is 24.3 Å². The summed E-state index contributed by atoms with van der Waals surface area (Å²) < 4.78 is 0. The summed E-state index contributed by atoms with van der Waals surface area (Å²) in [6.07, 6.45) is 4.33. The summed E-state index contributed by atoms with van der Waals surface area (Å²) in [4.78, 5) is 23.5. The van der Waals surface area contributed by atoms with Crippen molar-refractivity contribution < 1.29 is 14.7 Å². The fourth-order valence-electron chi connectivity index (χ4n) is 3.26. The quantitative estimate of drug-likeness (QED) is 0.843. The highest BCUT2D eigenvalue weighted by molar-refractivity contribution is 6.30. The van der Waals surface area contributed by atoms with Gasteiger partial charge in [0.05, 0.1) is 11.8 Å². The molecule has 1 aliphatic carbocycles. The molecule has 1 aliphatic rings. The summed E-state index contributed by atoms with van der Waals surface area (Å²) in [5, 5.41) is 12.4. The summed E-state index contributed by atoms with van der Waals surface area (Å²) in [7, 11) is 0. The molecule has 1 aromatic rings. The van der Waals surface area contributed by atoms with Gasteiger partial charge in [-0.3, -0.25) is 9.59 Å². The normalized spacial score (nSPS) is 17.9. The molecule has 1 saturated carbocycles. The van der Waals surface area contributed by atoms with Gasteiger partial charge < -0.3 is 10.4 Å². The van der Waals surface area contributed by atoms with Crippen LogP contribution in [0, 0.1) is 5.41 Å². The van der Waals surface area contributed by atoms with Gasteiger partial charge in [-0.25, -0.2) is 0 Å². The van der Waals surface area contributed by atoms with Gasteiger partial charge in [-0.05, 0) is 43.9 Å². The Kier molecular flexibility index (Phi) is 5.46. The van der Waals surface area contributed by atoms with Gasteiger partial charge in [0, 0.05) is 11.1 Å². The van der Waals surface area contributed by atoms with Crippen molar-refractivity contribution in [1.82, 2.24) is 5.32 Å². The van der Waals surface area contributed by atoms with Crippen LogP contribution in [0.4, 0.5) is 0 Å². The molecule has 0 aliphatic heterocycles. The van der Waals surface area contributed by atoms with Crippen LogP contribution >= 0.6 is 11.6 Å². The summed E-state index contributed by atoms with van der Waals surface area (Å²) >= 11 is 6.03. The zero-order chi connectivity index (χ0) is 16.2. The van der Waals surface area contributed by atoms with Crippen LogP contribution in [-0.4, -0.2) is 23.0 Å². The molecule has 0 bridgehead atoms. The molecule has 0 saturated heterocycles. The molecule has 0 aromatic heterocycles. The van der Waals surface area contributed by atoms with Gasteiger partial charge in [0.15, 0.2) is 0 Å². The van der Waals surface area contributed by atoms with Gasteiger partial charge in [0.1, 0.15) is 0 Å². The van der Waals surface area contributed by atoms with Crippen molar-refractivity contribution in [3.8, 4) is 0 Å². The Labute approximate surface area is 135 Å². The number of carbonyl (C=O) groups excluding carboxylic acids is 1. The van der Waals surface area contributed by atoms with Crippen LogP contribution in [0.2, 0.25) is 5.02 Å². The smallest absolute Gasteiger partial charge is 0.305 e. The maximum atomic E-state index is 12.7. The molecule has 1 fully saturated rings. The summed E-state index contributed by atoms with van der Waals surface area (Å²) in [6.45, 7) is 1.73. The maximum Gasteiger partial charge on any atom is 0.305 e. The molecule has 1 atom stereocenters. The highest BCUT2D eigenvalue weighted by atomic mass is 35.5. The topological polar surface area (TPSA) is 66.4 Å². The highest BCUT2D eigenvalue weighted by Gasteiger charge is 2.41. The predicted molar refractivity (Wildman–Crippen MR) is 85.9 cm³/mol. The summed E-state index contributed by atoms with van der Waals surface area (Å²) in [5.41, 5.74) is 0.618. The first-order valence-electron chi connectivity index (χ1n) is 7.68. The van der Waals surface area contributed by atoms with Crippen molar-refractivity contribution in [2.75, 3.05) is 0 Å². The van der Waals surface area contributed by atoms with Gasteiger partial charge in [0.2, 0.25) is 5.91 Å². The second-order valence-corrected chi connectivity index (χ2v) is 6.70. The molecular formula is C17H22ClNO3. The van der Waals surface area contributed by atoms with Crippen LogP contribution in [0.3, 0.4) is 0 Å². The van der Waals surface area contributed by atoms with E-state index in [0.717, 1.165) is 31.2 Å². The van der Waals surface area contributed by atoms with E-state index in [1.165, 1.54) is 0 Å². The fraction of sp³-hybridized carbons (Fsp3) is 0.529. The second-order valence-electron chi connectivity index (χ2n) is 6.27. The van der Waals surface area contributed by atoms with Crippen molar-refractivity contribution in [2.45, 2.75) is 51.5 Å². The van der Waals surface area contributed by atoms with Crippen LogP contribution in [0.15, 0.2) is 24.3 Å². The van der Waals surface area contributed by atoms with E-state index in [4.69, 9.17) is 16.7 Å². The largest absolute Gasteiger partial charge is 0.481 e. The molecule has 0 radical (unpaired) electrons. The summed E-state index contributed by atoms with van der Waals surface area (Å²) in [6, 6.07) is 7.24. The van der Waals surface area contributed by atoms with Crippen LogP contribution in [0.25, 0.3) is 0 Å². The van der Waals surface area contributed by atoms with Crippen LogP contribution < -0.4 is 5.32 Å². The Morgan fingerprint density at radius 1 is 1.36 bits per heavy atom. The minimum atomic E-state index is -0.900. The van der Waals surface area contributed by atoms with Gasteiger partial charge in [-0.2, -0.15) is 0 Å². The van der Waals surface area contributed by atoms with Gasteiger partial charge in [-0.15, -0.1) is 0 Å². The Morgan fingerprint density at radius 3 is 2.64 bits per heavy atom. The number of amides is 1. The lowest BCUT2D eigenvalue weighted by Gasteiger charge is -2.29. The Hall–Kier alpha value is -1.55. The lowest BCUT2D eigenvalue weighted by molar-refractivity contribution is -0.138. The van der Waals surface area contributed by atoms with Gasteiger partial charge >= 0.3 is 5.97 Å². The number of carbonyl (C=O) groups is 2. The summed E-state index contributed by atoms with van der Waals surface area (Å²) in [5.74, 6) is -0.929. The number of nitrogens with one attached hydrogen (secondary N) is 1. The van der Waals surface area contributed by atoms with Gasteiger partial charge in [0.25, 0.3) is 0 Å². The lowest BCUT2D eigenvalue weighted by Crippen LogP contribution is -2.45. The van der Waals surface area contributed by atoms with Crippen molar-refractivity contribution in [2.24, 2.45) is 5.41 Å². The van der Waals surface area contributed by atoms with Crippen molar-refractivity contribution in [3.05, 3.63) is 34.9 Å². The molecule has 1 unspecified atom stereocenters. The molecular weight excluding hydrogens is 302 g/mol. The number of hydrogen-bond donors (Lipinski definition) is 2. The van der Waals surface area contributed by atoms with Crippen LogP contribution in [0.1, 0.15) is 44.6 Å². The minimum absolute atomic E-state index is 0.0290. The number of rotatable bonds is 6. The molecule has 120 valence electrons.